The molecule has 0 fully saturated rings. The predicted molar refractivity (Wildman–Crippen MR) is 99.4 cm³/mol. The summed E-state index contributed by atoms with van der Waals surface area (Å²) in [6.07, 6.45) is 3.20. The van der Waals surface area contributed by atoms with Gasteiger partial charge in [0.2, 0.25) is 0 Å². The van der Waals surface area contributed by atoms with E-state index in [1.165, 1.54) is 0 Å². The Balaban J connectivity index is 2.26. The average molecular weight is 383 g/mol. The molecule has 24 heavy (non-hydrogen) atoms. The fourth-order valence-electron chi connectivity index (χ4n) is 2.66. The Morgan fingerprint density at radius 2 is 1.46 bits per heavy atom. The molecule has 0 bridgehead atoms. The Morgan fingerprint density at radius 3 is 1.96 bits per heavy atom. The highest BCUT2D eigenvalue weighted by Crippen LogP contribution is 2.25. The van der Waals surface area contributed by atoms with Crippen LogP contribution >= 0.6 is 15.9 Å². The molecule has 3 rings (SSSR count). The summed E-state index contributed by atoms with van der Waals surface area (Å²) in [5.41, 5.74) is 1.48. The van der Waals surface area contributed by atoms with E-state index in [-0.39, 0.29) is 6.04 Å². The van der Waals surface area contributed by atoms with Crippen LogP contribution in [0.25, 0.3) is 6.08 Å². The first-order chi connectivity index (χ1) is 11.7. The lowest BCUT2D eigenvalue weighted by atomic mass is 9.98. The number of hydrogen-bond acceptors (Lipinski definition) is 2. The summed E-state index contributed by atoms with van der Waals surface area (Å²) in [5.74, 6) is 0. The van der Waals surface area contributed by atoms with Crippen LogP contribution in [0.15, 0.2) is 81.4 Å². The van der Waals surface area contributed by atoms with Crippen LogP contribution in [-0.2, 0) is 0 Å². The van der Waals surface area contributed by atoms with Crippen LogP contribution in [0.3, 0.4) is 0 Å². The molecule has 4 nitrogen and oxygen atoms in total. The number of aromatic nitrogens is 2. The van der Waals surface area contributed by atoms with Gasteiger partial charge in [0.15, 0.2) is 0 Å². The summed E-state index contributed by atoms with van der Waals surface area (Å²) in [5, 5.41) is 0. The van der Waals surface area contributed by atoms with E-state index in [1.54, 1.807) is 21.8 Å². The molecule has 1 heterocycles. The van der Waals surface area contributed by atoms with Crippen LogP contribution in [0.2, 0.25) is 0 Å². The molecule has 0 spiro atoms. The predicted octanol–water partition coefficient (Wildman–Crippen LogP) is 3.54. The molecule has 3 aromatic rings. The van der Waals surface area contributed by atoms with Gasteiger partial charge in [-0.15, -0.1) is 0 Å². The van der Waals surface area contributed by atoms with Gasteiger partial charge >= 0.3 is 5.69 Å². The molecule has 5 heteroatoms. The van der Waals surface area contributed by atoms with Crippen LogP contribution in [0.4, 0.5) is 0 Å². The second-order valence-corrected chi connectivity index (χ2v) is 5.80. The minimum absolute atomic E-state index is 0.320. The number of H-pyrrole nitrogens is 1. The number of nitrogens with zero attached hydrogens (tertiary/aromatic N) is 1. The molecule has 0 unspecified atom stereocenters. The van der Waals surface area contributed by atoms with Gasteiger partial charge in [-0.1, -0.05) is 76.6 Å². The van der Waals surface area contributed by atoms with Crippen molar-refractivity contribution < 1.29 is 0 Å². The second kappa shape index (κ2) is 7.27. The number of nitrogens with one attached hydrogen (secondary N) is 1. The third-order valence-electron chi connectivity index (χ3n) is 3.75. The van der Waals surface area contributed by atoms with E-state index >= 15 is 0 Å². The Kier molecular flexibility index (Phi) is 4.91. The molecule has 0 aliphatic carbocycles. The molecule has 1 N–H and O–H groups in total. The Hall–Kier alpha value is -2.66. The molecule has 0 amide bonds. The standard InChI is InChI=1S/C19H15BrN2O2/c20-12-11-16-13-22(19(24)21-18(16)23)17(14-7-3-1-4-8-14)15-9-5-2-6-10-15/h1-13,17H,(H,21,23,24)/b12-11+. The summed E-state index contributed by atoms with van der Waals surface area (Å²) in [4.78, 5) is 28.4. The Bertz CT molecular complexity index is 920. The van der Waals surface area contributed by atoms with E-state index in [0.717, 1.165) is 11.1 Å². The molecule has 0 atom stereocenters. The maximum atomic E-state index is 12.5. The number of halogens is 1. The average Bonchev–Trinajstić information content (AvgIpc) is 2.61. The fourth-order valence-corrected chi connectivity index (χ4v) is 2.95. The van der Waals surface area contributed by atoms with Crippen molar-refractivity contribution in [2.75, 3.05) is 0 Å². The number of hydrogen-bond donors (Lipinski definition) is 1. The van der Waals surface area contributed by atoms with Gasteiger partial charge in [-0.3, -0.25) is 14.3 Å². The quantitative estimate of drug-likeness (QED) is 0.749. The monoisotopic (exact) mass is 382 g/mol. The minimum atomic E-state index is -0.440. The van der Waals surface area contributed by atoms with Gasteiger partial charge in [0, 0.05) is 6.20 Å². The second-order valence-electron chi connectivity index (χ2n) is 5.27. The molecule has 0 saturated carbocycles. The van der Waals surface area contributed by atoms with Crippen molar-refractivity contribution in [1.82, 2.24) is 9.55 Å². The van der Waals surface area contributed by atoms with Crippen LogP contribution < -0.4 is 11.2 Å². The van der Waals surface area contributed by atoms with Gasteiger partial charge in [0.1, 0.15) is 0 Å². The summed E-state index contributed by atoms with van der Waals surface area (Å²) in [6.45, 7) is 0. The van der Waals surface area contributed by atoms with Crippen LogP contribution in [-0.4, -0.2) is 9.55 Å². The first-order valence-corrected chi connectivity index (χ1v) is 8.34. The SMILES string of the molecule is O=c1[nH]c(=O)n(C(c2ccccc2)c2ccccc2)cc1/C=C/Br. The van der Waals surface area contributed by atoms with E-state index in [0.29, 0.717) is 5.56 Å². The highest BCUT2D eigenvalue weighted by atomic mass is 79.9. The zero-order valence-corrected chi connectivity index (χ0v) is 14.3. The van der Waals surface area contributed by atoms with E-state index in [1.807, 2.05) is 60.7 Å². The molecule has 120 valence electrons. The molecule has 0 aliphatic heterocycles. The third kappa shape index (κ3) is 3.31. The maximum absolute atomic E-state index is 12.5. The van der Waals surface area contributed by atoms with E-state index in [2.05, 4.69) is 20.9 Å². The molecule has 2 aromatic carbocycles. The number of aromatic amines is 1. The van der Waals surface area contributed by atoms with Crippen molar-refractivity contribution in [3.05, 3.63) is 109 Å². The van der Waals surface area contributed by atoms with Crippen molar-refractivity contribution in [2.45, 2.75) is 6.04 Å². The van der Waals surface area contributed by atoms with Gasteiger partial charge in [0.25, 0.3) is 5.56 Å². The van der Waals surface area contributed by atoms with Crippen molar-refractivity contribution in [3.8, 4) is 0 Å². The van der Waals surface area contributed by atoms with Crippen molar-refractivity contribution >= 4 is 22.0 Å². The zero-order chi connectivity index (χ0) is 16.9. The van der Waals surface area contributed by atoms with Crippen molar-refractivity contribution in [2.24, 2.45) is 0 Å². The van der Waals surface area contributed by atoms with Gasteiger partial charge in [-0.25, -0.2) is 4.79 Å². The highest BCUT2D eigenvalue weighted by Gasteiger charge is 2.18. The zero-order valence-electron chi connectivity index (χ0n) is 12.7. The van der Waals surface area contributed by atoms with Gasteiger partial charge in [-0.05, 0) is 22.2 Å². The molecular weight excluding hydrogens is 368 g/mol. The normalized spacial score (nSPS) is 11.2. The smallest absolute Gasteiger partial charge is 0.288 e. The fraction of sp³-hybridized carbons (Fsp3) is 0.0526. The van der Waals surface area contributed by atoms with Gasteiger partial charge in [0.05, 0.1) is 11.6 Å². The molecule has 0 radical (unpaired) electrons. The Morgan fingerprint density at radius 1 is 0.917 bits per heavy atom. The van der Waals surface area contributed by atoms with Gasteiger partial charge < -0.3 is 0 Å². The third-order valence-corrected chi connectivity index (χ3v) is 4.01. The first kappa shape index (κ1) is 16.2. The maximum Gasteiger partial charge on any atom is 0.329 e. The topological polar surface area (TPSA) is 54.9 Å². The lowest BCUT2D eigenvalue weighted by Crippen LogP contribution is -2.34. The molecular formula is C19H15BrN2O2. The molecule has 1 aromatic heterocycles. The van der Waals surface area contributed by atoms with Crippen LogP contribution in [0.1, 0.15) is 22.7 Å². The Labute approximate surface area is 147 Å². The van der Waals surface area contributed by atoms with E-state index in [4.69, 9.17) is 0 Å². The summed E-state index contributed by atoms with van der Waals surface area (Å²) >= 11 is 3.17. The minimum Gasteiger partial charge on any atom is -0.288 e. The van der Waals surface area contributed by atoms with Crippen molar-refractivity contribution in [1.29, 1.82) is 0 Å². The van der Waals surface area contributed by atoms with E-state index < -0.39 is 11.2 Å². The van der Waals surface area contributed by atoms with Gasteiger partial charge in [-0.2, -0.15) is 0 Å². The lowest BCUT2D eigenvalue weighted by molar-refractivity contribution is 0.625. The first-order valence-electron chi connectivity index (χ1n) is 7.43. The summed E-state index contributed by atoms with van der Waals surface area (Å²) in [6, 6.07) is 19.1. The van der Waals surface area contributed by atoms with Crippen LogP contribution in [0.5, 0.6) is 0 Å². The molecule has 0 saturated heterocycles. The number of rotatable bonds is 4. The van der Waals surface area contributed by atoms with Crippen LogP contribution in [0, 0.1) is 0 Å². The molecule has 0 aliphatic rings. The summed E-state index contributed by atoms with van der Waals surface area (Å²) in [7, 11) is 0. The number of benzene rings is 2. The van der Waals surface area contributed by atoms with Crippen molar-refractivity contribution in [3.63, 3.8) is 0 Å². The van der Waals surface area contributed by atoms with E-state index in [9.17, 15) is 9.59 Å². The lowest BCUT2D eigenvalue weighted by Gasteiger charge is -2.21. The largest absolute Gasteiger partial charge is 0.329 e. The summed E-state index contributed by atoms with van der Waals surface area (Å²) < 4.78 is 1.55. The highest BCUT2D eigenvalue weighted by molar-refractivity contribution is 9.11.